The zero-order chi connectivity index (χ0) is 14.0. The van der Waals surface area contributed by atoms with Gasteiger partial charge in [-0.2, -0.15) is 0 Å². The summed E-state index contributed by atoms with van der Waals surface area (Å²) in [6.45, 7) is 3.25. The molecule has 1 aromatic heterocycles. The number of imidazole rings is 1. The highest BCUT2D eigenvalue weighted by atomic mass is 32.2. The fraction of sp³-hybridized carbons (Fsp3) is 0.667. The molecule has 1 unspecified atom stereocenters. The van der Waals surface area contributed by atoms with Crippen LogP contribution in [0.25, 0.3) is 0 Å². The molecule has 0 spiro atoms. The molecule has 1 saturated heterocycles. The molecule has 6 nitrogen and oxygen atoms in total. The van der Waals surface area contributed by atoms with E-state index in [1.54, 1.807) is 10.8 Å². The summed E-state index contributed by atoms with van der Waals surface area (Å²) in [5.74, 6) is 0.160. The molecule has 1 amide bonds. The Bertz CT molecular complexity index is 565. The van der Waals surface area contributed by atoms with Crippen LogP contribution in [0.3, 0.4) is 0 Å². The number of hydrogen-bond donors (Lipinski definition) is 0. The van der Waals surface area contributed by atoms with Gasteiger partial charge < -0.3 is 9.47 Å². The second-order valence-electron chi connectivity index (χ2n) is 4.89. The molecule has 0 saturated carbocycles. The molecular formula is C12H19N3O3S. The monoisotopic (exact) mass is 285 g/mol. The molecular weight excluding hydrogens is 266 g/mol. The predicted octanol–water partition coefficient (Wildman–Crippen LogP) is 0.688. The normalized spacial score (nSPS) is 18.0. The molecule has 1 atom stereocenters. The quantitative estimate of drug-likeness (QED) is 0.798. The minimum atomic E-state index is -3.33. The Kier molecular flexibility index (Phi) is 3.93. The second-order valence-corrected chi connectivity index (χ2v) is 6.80. The first-order chi connectivity index (χ1) is 8.93. The number of amides is 1. The average Bonchev–Trinajstić information content (AvgIpc) is 2.93. The van der Waals surface area contributed by atoms with Crippen molar-refractivity contribution < 1.29 is 13.2 Å². The molecule has 1 fully saturated rings. The molecule has 1 aliphatic heterocycles. The topological polar surface area (TPSA) is 72.3 Å². The molecule has 0 radical (unpaired) electrons. The van der Waals surface area contributed by atoms with Crippen LogP contribution in [0, 0.1) is 0 Å². The van der Waals surface area contributed by atoms with Crippen molar-refractivity contribution in [3.63, 3.8) is 0 Å². The van der Waals surface area contributed by atoms with Crippen LogP contribution in [0.2, 0.25) is 0 Å². The Morgan fingerprint density at radius 3 is 2.74 bits per heavy atom. The molecule has 106 valence electrons. The Morgan fingerprint density at radius 1 is 1.47 bits per heavy atom. The van der Waals surface area contributed by atoms with Crippen molar-refractivity contribution >= 4 is 15.7 Å². The van der Waals surface area contributed by atoms with Crippen molar-refractivity contribution in [2.24, 2.45) is 0 Å². The molecule has 2 rings (SSSR count). The van der Waals surface area contributed by atoms with Gasteiger partial charge in [-0.05, 0) is 12.8 Å². The number of likely N-dealkylation sites (tertiary alicyclic amines) is 1. The maximum atomic E-state index is 11.8. The van der Waals surface area contributed by atoms with Crippen molar-refractivity contribution in [2.45, 2.75) is 43.9 Å². The maximum absolute atomic E-state index is 11.8. The highest BCUT2D eigenvalue weighted by Gasteiger charge is 2.28. The summed E-state index contributed by atoms with van der Waals surface area (Å²) in [6.07, 6.45) is 6.56. The summed E-state index contributed by atoms with van der Waals surface area (Å²) in [5, 5.41) is 0.0672. The largest absolute Gasteiger partial charge is 0.338 e. The lowest BCUT2D eigenvalue weighted by Crippen LogP contribution is -2.39. The Morgan fingerprint density at radius 2 is 2.21 bits per heavy atom. The molecule has 1 aromatic rings. The van der Waals surface area contributed by atoms with Gasteiger partial charge in [0.2, 0.25) is 20.9 Å². The van der Waals surface area contributed by atoms with E-state index in [2.05, 4.69) is 4.98 Å². The number of nitrogens with zero attached hydrogens (tertiary/aromatic N) is 3. The number of aromatic nitrogens is 2. The van der Waals surface area contributed by atoms with Gasteiger partial charge in [0.15, 0.2) is 0 Å². The van der Waals surface area contributed by atoms with Crippen molar-refractivity contribution in [1.82, 2.24) is 14.5 Å². The number of sulfone groups is 1. The minimum Gasteiger partial charge on any atom is -0.338 e. The molecule has 7 heteroatoms. The van der Waals surface area contributed by atoms with E-state index in [0.29, 0.717) is 13.0 Å². The standard InChI is InChI=1S/C12H19N3O3S/c1-3-10(15-7-4-5-11(15)16)9-14-8-6-13-12(14)19(2,17)18/h6,8,10H,3-5,7,9H2,1-2H3. The average molecular weight is 285 g/mol. The summed E-state index contributed by atoms with van der Waals surface area (Å²) in [6, 6.07) is 0.0321. The first-order valence-electron chi connectivity index (χ1n) is 6.44. The number of hydrogen-bond acceptors (Lipinski definition) is 4. The van der Waals surface area contributed by atoms with Crippen molar-refractivity contribution in [2.75, 3.05) is 12.8 Å². The summed E-state index contributed by atoms with van der Waals surface area (Å²) in [4.78, 5) is 17.5. The highest BCUT2D eigenvalue weighted by molar-refractivity contribution is 7.90. The van der Waals surface area contributed by atoms with Gasteiger partial charge in [-0.15, -0.1) is 0 Å². The lowest BCUT2D eigenvalue weighted by Gasteiger charge is -2.27. The molecule has 0 aliphatic carbocycles. The molecule has 1 aliphatic rings. The lowest BCUT2D eigenvalue weighted by molar-refractivity contribution is -0.130. The Labute approximate surface area is 113 Å². The van der Waals surface area contributed by atoms with E-state index < -0.39 is 9.84 Å². The predicted molar refractivity (Wildman–Crippen MR) is 70.4 cm³/mol. The van der Waals surface area contributed by atoms with Crippen LogP contribution in [-0.2, 0) is 21.2 Å². The summed E-state index contributed by atoms with van der Waals surface area (Å²) in [7, 11) is -3.33. The van der Waals surface area contributed by atoms with Crippen LogP contribution < -0.4 is 0 Å². The third-order valence-corrected chi connectivity index (χ3v) is 4.44. The molecule has 19 heavy (non-hydrogen) atoms. The van der Waals surface area contributed by atoms with Gasteiger partial charge in [0, 0.05) is 44.2 Å². The van der Waals surface area contributed by atoms with Crippen LogP contribution in [0.15, 0.2) is 17.6 Å². The smallest absolute Gasteiger partial charge is 0.227 e. The number of rotatable bonds is 5. The SMILES string of the molecule is CCC(Cn1ccnc1S(C)(=O)=O)N1CCCC1=O. The number of carbonyl (C=O) groups is 1. The van der Waals surface area contributed by atoms with E-state index in [4.69, 9.17) is 0 Å². The zero-order valence-corrected chi connectivity index (χ0v) is 12.1. The second kappa shape index (κ2) is 5.32. The van der Waals surface area contributed by atoms with Gasteiger partial charge in [0.1, 0.15) is 0 Å². The fourth-order valence-electron chi connectivity index (χ4n) is 2.49. The fourth-order valence-corrected chi connectivity index (χ4v) is 3.31. The maximum Gasteiger partial charge on any atom is 0.227 e. The lowest BCUT2D eigenvalue weighted by atomic mass is 10.2. The molecule has 0 aromatic carbocycles. The summed E-state index contributed by atoms with van der Waals surface area (Å²) in [5.41, 5.74) is 0. The van der Waals surface area contributed by atoms with Gasteiger partial charge >= 0.3 is 0 Å². The molecule has 0 N–H and O–H groups in total. The summed E-state index contributed by atoms with van der Waals surface area (Å²) < 4.78 is 24.8. The van der Waals surface area contributed by atoms with Gasteiger partial charge in [-0.25, -0.2) is 13.4 Å². The third kappa shape index (κ3) is 2.97. The minimum absolute atomic E-state index is 0.0321. The van der Waals surface area contributed by atoms with Crippen molar-refractivity contribution in [3.8, 4) is 0 Å². The first kappa shape index (κ1) is 14.0. The third-order valence-electron chi connectivity index (χ3n) is 3.44. The zero-order valence-electron chi connectivity index (χ0n) is 11.2. The molecule has 0 bridgehead atoms. The first-order valence-corrected chi connectivity index (χ1v) is 8.33. The van der Waals surface area contributed by atoms with Crippen molar-refractivity contribution in [1.29, 1.82) is 0 Å². The van der Waals surface area contributed by atoms with Crippen LogP contribution in [0.1, 0.15) is 26.2 Å². The van der Waals surface area contributed by atoms with E-state index in [0.717, 1.165) is 25.6 Å². The van der Waals surface area contributed by atoms with Crippen LogP contribution in [0.4, 0.5) is 0 Å². The van der Waals surface area contributed by atoms with E-state index >= 15 is 0 Å². The van der Waals surface area contributed by atoms with E-state index in [9.17, 15) is 13.2 Å². The van der Waals surface area contributed by atoms with Crippen LogP contribution in [-0.4, -0.2) is 47.6 Å². The highest BCUT2D eigenvalue weighted by Crippen LogP contribution is 2.18. The van der Waals surface area contributed by atoms with Gasteiger partial charge in [-0.1, -0.05) is 6.92 Å². The van der Waals surface area contributed by atoms with Crippen molar-refractivity contribution in [3.05, 3.63) is 12.4 Å². The van der Waals surface area contributed by atoms with E-state index in [1.165, 1.54) is 6.20 Å². The van der Waals surface area contributed by atoms with Crippen LogP contribution >= 0.6 is 0 Å². The Balaban J connectivity index is 2.20. The van der Waals surface area contributed by atoms with Gasteiger partial charge in [0.25, 0.3) is 0 Å². The van der Waals surface area contributed by atoms with Gasteiger partial charge in [-0.3, -0.25) is 4.79 Å². The number of carbonyl (C=O) groups excluding carboxylic acids is 1. The van der Waals surface area contributed by atoms with Crippen LogP contribution in [0.5, 0.6) is 0 Å². The van der Waals surface area contributed by atoms with E-state index in [1.807, 2.05) is 11.8 Å². The molecule has 2 heterocycles. The van der Waals surface area contributed by atoms with E-state index in [-0.39, 0.29) is 17.1 Å². The van der Waals surface area contributed by atoms with Gasteiger partial charge in [0.05, 0.1) is 0 Å². The summed E-state index contributed by atoms with van der Waals surface area (Å²) >= 11 is 0. The Hall–Kier alpha value is -1.37.